The highest BCUT2D eigenvalue weighted by Gasteiger charge is 2.16. The third kappa shape index (κ3) is 5.81. The summed E-state index contributed by atoms with van der Waals surface area (Å²) in [6.07, 6.45) is 6.36. The third-order valence-electron chi connectivity index (χ3n) is 5.87. The summed E-state index contributed by atoms with van der Waals surface area (Å²) in [5, 5.41) is 0. The summed E-state index contributed by atoms with van der Waals surface area (Å²) in [6.45, 7) is 10.9. The Hall–Kier alpha value is -1.58. The van der Waals surface area contributed by atoms with Crippen LogP contribution in [0.15, 0.2) is 57.5 Å². The molecule has 0 amide bonds. The van der Waals surface area contributed by atoms with Gasteiger partial charge in [0.25, 0.3) is 0 Å². The van der Waals surface area contributed by atoms with E-state index in [9.17, 15) is 0 Å². The van der Waals surface area contributed by atoms with Crippen LogP contribution in [0, 0.1) is 27.7 Å². The lowest BCUT2D eigenvalue weighted by Gasteiger charge is -2.28. The van der Waals surface area contributed by atoms with E-state index in [4.69, 9.17) is 0 Å². The Balaban J connectivity index is 2.03. The van der Waals surface area contributed by atoms with Gasteiger partial charge in [0.15, 0.2) is 0 Å². The van der Waals surface area contributed by atoms with Gasteiger partial charge in [0, 0.05) is 26.0 Å². The Kier molecular flexibility index (Phi) is 8.41. The number of nitrogens with zero attached hydrogens (tertiary/aromatic N) is 1. The maximum atomic E-state index is 3.73. The number of benzene rings is 3. The van der Waals surface area contributed by atoms with Crippen molar-refractivity contribution in [3.63, 3.8) is 0 Å². The van der Waals surface area contributed by atoms with Crippen molar-refractivity contribution in [1.82, 2.24) is 0 Å². The lowest BCUT2D eigenvalue weighted by Crippen LogP contribution is -2.11. The Morgan fingerprint density at radius 2 is 1.06 bits per heavy atom. The molecule has 0 aliphatic rings. The fraction of sp³-hybridized carbons (Fsp3) is 0.357. The second kappa shape index (κ2) is 10.8. The molecule has 0 saturated carbocycles. The van der Waals surface area contributed by atoms with E-state index in [1.54, 1.807) is 0 Å². The summed E-state index contributed by atoms with van der Waals surface area (Å²) in [5.41, 5.74) is 9.99. The number of anilines is 3. The summed E-state index contributed by atoms with van der Waals surface area (Å²) in [6, 6.07) is 18.2. The largest absolute Gasteiger partial charge is 0.310 e. The van der Waals surface area contributed by atoms with Crippen molar-refractivity contribution in [1.29, 1.82) is 0 Å². The van der Waals surface area contributed by atoms with E-state index in [-0.39, 0.29) is 0 Å². The molecule has 164 valence electrons. The molecule has 0 spiro atoms. The highest BCUT2D eigenvalue weighted by molar-refractivity contribution is 9.10. The zero-order valence-corrected chi connectivity index (χ0v) is 22.5. The quantitative estimate of drug-likeness (QED) is 0.256. The molecule has 0 heterocycles. The zero-order chi connectivity index (χ0) is 22.5. The second-order valence-corrected chi connectivity index (χ2v) is 10.2. The number of unbranched alkanes of at least 4 members (excludes halogenated alkanes) is 3. The van der Waals surface area contributed by atoms with Crippen LogP contribution in [0.25, 0.3) is 0 Å². The Labute approximate surface area is 205 Å². The predicted molar refractivity (Wildman–Crippen MR) is 143 cm³/mol. The molecule has 0 aliphatic heterocycles. The van der Waals surface area contributed by atoms with Crippen molar-refractivity contribution >= 4 is 48.9 Å². The molecule has 0 saturated heterocycles. The molecule has 0 fully saturated rings. The minimum absolute atomic E-state index is 1.16. The lowest BCUT2D eigenvalue weighted by atomic mass is 10.0. The molecule has 3 heteroatoms. The molecule has 0 aliphatic carbocycles. The number of rotatable bonds is 8. The average molecular weight is 543 g/mol. The molecule has 0 unspecified atom stereocenters. The van der Waals surface area contributed by atoms with Gasteiger partial charge in [0.05, 0.1) is 0 Å². The summed E-state index contributed by atoms with van der Waals surface area (Å²) < 4.78 is 2.36. The topological polar surface area (TPSA) is 3.24 Å². The van der Waals surface area contributed by atoms with Gasteiger partial charge in [-0.2, -0.15) is 0 Å². The molecule has 0 radical (unpaired) electrons. The second-order valence-electron chi connectivity index (χ2n) is 8.60. The van der Waals surface area contributed by atoms with E-state index in [0.29, 0.717) is 0 Å². The number of hydrogen-bond donors (Lipinski definition) is 0. The smallest absolute Gasteiger partial charge is 0.0467 e. The fourth-order valence-corrected chi connectivity index (χ4v) is 4.58. The number of hydrogen-bond acceptors (Lipinski definition) is 1. The van der Waals surface area contributed by atoms with E-state index < -0.39 is 0 Å². The predicted octanol–water partition coefficient (Wildman–Crippen LogP) is 10.0. The van der Waals surface area contributed by atoms with Gasteiger partial charge in [0.1, 0.15) is 0 Å². The van der Waals surface area contributed by atoms with Gasteiger partial charge in [-0.1, -0.05) is 70.2 Å². The summed E-state index contributed by atoms with van der Waals surface area (Å²) in [4.78, 5) is 2.37. The van der Waals surface area contributed by atoms with E-state index in [2.05, 4.69) is 120 Å². The van der Waals surface area contributed by atoms with Crippen LogP contribution in [0.3, 0.4) is 0 Å². The first-order valence-electron chi connectivity index (χ1n) is 11.2. The summed E-state index contributed by atoms with van der Waals surface area (Å²) in [7, 11) is 0. The first-order valence-corrected chi connectivity index (χ1v) is 12.8. The summed E-state index contributed by atoms with van der Waals surface area (Å²) in [5.74, 6) is 0. The molecule has 3 rings (SSSR count). The third-order valence-corrected chi connectivity index (χ3v) is 8.37. The van der Waals surface area contributed by atoms with Crippen molar-refractivity contribution in [2.75, 3.05) is 4.90 Å². The first kappa shape index (κ1) is 24.1. The van der Waals surface area contributed by atoms with E-state index in [0.717, 1.165) is 6.42 Å². The standard InChI is InChI=1S/C28H33Br2N/c1-6-7-8-9-10-23-11-13-24(14-12-23)31(25-15-19(2)27(29)20(3)16-25)26-17-21(4)28(30)22(5)18-26/h11-18H,6-10H2,1-5H3. The van der Waals surface area contributed by atoms with E-state index in [1.165, 1.54) is 79.5 Å². The Bertz CT molecular complexity index is 934. The molecule has 3 aromatic rings. The van der Waals surface area contributed by atoms with Gasteiger partial charge in [-0.15, -0.1) is 0 Å². The minimum Gasteiger partial charge on any atom is -0.310 e. The Morgan fingerprint density at radius 3 is 1.48 bits per heavy atom. The van der Waals surface area contributed by atoms with Gasteiger partial charge in [-0.25, -0.2) is 0 Å². The Morgan fingerprint density at radius 1 is 0.613 bits per heavy atom. The molecule has 1 nitrogen and oxygen atoms in total. The molecular formula is C28H33Br2N. The normalized spacial score (nSPS) is 11.1. The maximum absolute atomic E-state index is 3.73. The van der Waals surface area contributed by atoms with Crippen molar-refractivity contribution in [3.05, 3.63) is 85.3 Å². The van der Waals surface area contributed by atoms with Crippen LogP contribution in [0.4, 0.5) is 17.1 Å². The van der Waals surface area contributed by atoms with Crippen LogP contribution < -0.4 is 4.90 Å². The highest BCUT2D eigenvalue weighted by atomic mass is 79.9. The molecule has 0 atom stereocenters. The van der Waals surface area contributed by atoms with Gasteiger partial charge in [-0.3, -0.25) is 0 Å². The number of aryl methyl sites for hydroxylation is 5. The van der Waals surface area contributed by atoms with Gasteiger partial charge >= 0.3 is 0 Å². The van der Waals surface area contributed by atoms with Crippen LogP contribution in [-0.2, 0) is 6.42 Å². The van der Waals surface area contributed by atoms with Gasteiger partial charge in [0.2, 0.25) is 0 Å². The molecule has 0 aromatic heterocycles. The highest BCUT2D eigenvalue weighted by Crippen LogP contribution is 2.39. The summed E-state index contributed by atoms with van der Waals surface area (Å²) >= 11 is 7.46. The van der Waals surface area contributed by atoms with Crippen LogP contribution in [0.5, 0.6) is 0 Å². The van der Waals surface area contributed by atoms with Crippen molar-refractivity contribution in [2.24, 2.45) is 0 Å². The van der Waals surface area contributed by atoms with Crippen molar-refractivity contribution in [2.45, 2.75) is 66.7 Å². The van der Waals surface area contributed by atoms with Crippen molar-refractivity contribution in [3.8, 4) is 0 Å². The first-order chi connectivity index (χ1) is 14.8. The van der Waals surface area contributed by atoms with E-state index in [1.807, 2.05) is 0 Å². The van der Waals surface area contributed by atoms with Crippen LogP contribution in [-0.4, -0.2) is 0 Å². The molecular weight excluding hydrogens is 510 g/mol. The SMILES string of the molecule is CCCCCCc1ccc(N(c2cc(C)c(Br)c(C)c2)c2cc(C)c(Br)c(C)c2)cc1. The maximum Gasteiger partial charge on any atom is 0.0467 e. The van der Waals surface area contributed by atoms with Gasteiger partial charge in [-0.05, 0) is 105 Å². The van der Waals surface area contributed by atoms with Crippen LogP contribution >= 0.6 is 31.9 Å². The molecule has 31 heavy (non-hydrogen) atoms. The zero-order valence-electron chi connectivity index (χ0n) is 19.4. The average Bonchev–Trinajstić information content (AvgIpc) is 2.74. The lowest BCUT2D eigenvalue weighted by molar-refractivity contribution is 0.667. The van der Waals surface area contributed by atoms with Crippen LogP contribution in [0.2, 0.25) is 0 Å². The van der Waals surface area contributed by atoms with Crippen molar-refractivity contribution < 1.29 is 0 Å². The monoisotopic (exact) mass is 541 g/mol. The molecule has 3 aromatic carbocycles. The van der Waals surface area contributed by atoms with Crippen LogP contribution in [0.1, 0.15) is 60.4 Å². The molecule has 0 bridgehead atoms. The number of halogens is 2. The van der Waals surface area contributed by atoms with E-state index >= 15 is 0 Å². The van der Waals surface area contributed by atoms with Gasteiger partial charge < -0.3 is 4.90 Å². The fourth-order valence-electron chi connectivity index (χ4n) is 4.12. The minimum atomic E-state index is 1.16. The molecule has 0 N–H and O–H groups in total.